The minimum Gasteiger partial charge on any atom is -0.354 e. The van der Waals surface area contributed by atoms with Crippen LogP contribution in [0.1, 0.15) is 48.5 Å². The van der Waals surface area contributed by atoms with Crippen LogP contribution in [0.25, 0.3) is 0 Å². The molecule has 26 heavy (non-hydrogen) atoms. The molecule has 2 atom stereocenters. The number of halogens is 1. The number of carbonyl (C=O) groups is 1. The number of hydrogen-bond acceptors (Lipinski definition) is 3. The number of aliphatic imine (C=N–C) groups is 1. The van der Waals surface area contributed by atoms with Gasteiger partial charge in [-0.2, -0.15) is 11.8 Å². The molecule has 0 bridgehead atoms. The van der Waals surface area contributed by atoms with Crippen LogP contribution >= 0.6 is 35.7 Å². The summed E-state index contributed by atoms with van der Waals surface area (Å²) in [5.41, 5.74) is 1.77. The van der Waals surface area contributed by atoms with Gasteiger partial charge in [-0.15, -0.1) is 24.0 Å². The summed E-state index contributed by atoms with van der Waals surface area (Å²) in [5.74, 6) is 0.813. The molecule has 1 saturated carbocycles. The van der Waals surface area contributed by atoms with Crippen molar-refractivity contribution in [2.75, 3.05) is 19.8 Å². The fraction of sp³-hybridized carbons (Fsp3) is 0.579. The Kier molecular flexibility index (Phi) is 11.0. The molecule has 0 radical (unpaired) electrons. The molecule has 0 aromatic heterocycles. The van der Waals surface area contributed by atoms with Gasteiger partial charge in [0.05, 0.1) is 0 Å². The Hall–Kier alpha value is -0.960. The predicted octanol–water partition coefficient (Wildman–Crippen LogP) is 3.39. The molecular weight excluding hydrogens is 459 g/mol. The van der Waals surface area contributed by atoms with Crippen LogP contribution in [0.4, 0.5) is 0 Å². The van der Waals surface area contributed by atoms with Gasteiger partial charge < -0.3 is 16.0 Å². The molecule has 0 heterocycles. The first-order valence-corrected chi connectivity index (χ1v) is 10.3. The molecule has 1 aliphatic carbocycles. The van der Waals surface area contributed by atoms with Crippen molar-refractivity contribution in [1.82, 2.24) is 16.0 Å². The highest BCUT2D eigenvalue weighted by Crippen LogP contribution is 2.27. The Morgan fingerprint density at radius 1 is 1.31 bits per heavy atom. The van der Waals surface area contributed by atoms with Gasteiger partial charge in [0.15, 0.2) is 5.96 Å². The van der Waals surface area contributed by atoms with E-state index in [0.29, 0.717) is 24.7 Å². The number of amides is 1. The second-order valence-electron chi connectivity index (χ2n) is 6.39. The highest BCUT2D eigenvalue weighted by Gasteiger charge is 2.24. The maximum atomic E-state index is 12.1. The van der Waals surface area contributed by atoms with E-state index in [1.165, 1.54) is 19.3 Å². The first-order valence-electron chi connectivity index (χ1n) is 9.03. The number of hydrogen-bond donors (Lipinski definition) is 3. The van der Waals surface area contributed by atoms with E-state index in [2.05, 4.69) is 27.2 Å². The largest absolute Gasteiger partial charge is 0.354 e. The van der Waals surface area contributed by atoms with Crippen LogP contribution in [0.3, 0.4) is 0 Å². The number of thioether (sulfide) groups is 1. The Morgan fingerprint density at radius 2 is 2.12 bits per heavy atom. The molecule has 5 nitrogen and oxygen atoms in total. The number of benzene rings is 1. The SMILES string of the molecule is CCCNC(=O)c1cccc(CNC(=NC)NC2CCC(SC)C2)c1.I. The van der Waals surface area contributed by atoms with Crippen LogP contribution < -0.4 is 16.0 Å². The normalized spacial score (nSPS) is 19.6. The Balaban J connectivity index is 0.00000338. The predicted molar refractivity (Wildman–Crippen MR) is 123 cm³/mol. The van der Waals surface area contributed by atoms with E-state index in [0.717, 1.165) is 23.2 Å². The zero-order valence-corrected chi connectivity index (χ0v) is 19.0. The van der Waals surface area contributed by atoms with Gasteiger partial charge in [-0.05, 0) is 49.6 Å². The minimum atomic E-state index is -0.0136. The Morgan fingerprint density at radius 3 is 2.77 bits per heavy atom. The second kappa shape index (κ2) is 12.4. The zero-order valence-electron chi connectivity index (χ0n) is 15.9. The first-order chi connectivity index (χ1) is 12.2. The summed E-state index contributed by atoms with van der Waals surface area (Å²) >= 11 is 1.95. The van der Waals surface area contributed by atoms with E-state index in [1.807, 2.05) is 43.0 Å². The molecule has 2 unspecified atom stereocenters. The molecule has 0 spiro atoms. The van der Waals surface area contributed by atoms with E-state index in [4.69, 9.17) is 0 Å². The molecule has 0 saturated heterocycles. The van der Waals surface area contributed by atoms with Gasteiger partial charge in [-0.1, -0.05) is 19.1 Å². The lowest BCUT2D eigenvalue weighted by Crippen LogP contribution is -2.42. The summed E-state index contributed by atoms with van der Waals surface area (Å²) in [4.78, 5) is 16.4. The van der Waals surface area contributed by atoms with Crippen LogP contribution in [0.15, 0.2) is 29.3 Å². The maximum Gasteiger partial charge on any atom is 0.251 e. The van der Waals surface area contributed by atoms with Gasteiger partial charge in [-0.3, -0.25) is 9.79 Å². The number of guanidine groups is 1. The van der Waals surface area contributed by atoms with Gasteiger partial charge in [0.2, 0.25) is 0 Å². The first kappa shape index (κ1) is 23.1. The van der Waals surface area contributed by atoms with Crippen molar-refractivity contribution >= 4 is 47.6 Å². The topological polar surface area (TPSA) is 65.5 Å². The van der Waals surface area contributed by atoms with Crippen LogP contribution in [0.5, 0.6) is 0 Å². The molecule has 1 aromatic carbocycles. The summed E-state index contributed by atoms with van der Waals surface area (Å²) in [6.07, 6.45) is 6.77. The van der Waals surface area contributed by atoms with Gasteiger partial charge in [0.25, 0.3) is 5.91 Å². The summed E-state index contributed by atoms with van der Waals surface area (Å²) in [7, 11) is 1.80. The van der Waals surface area contributed by atoms with E-state index < -0.39 is 0 Å². The van der Waals surface area contributed by atoms with E-state index in [-0.39, 0.29) is 29.9 Å². The highest BCUT2D eigenvalue weighted by atomic mass is 127. The van der Waals surface area contributed by atoms with Crippen LogP contribution in [-0.2, 0) is 6.54 Å². The molecular formula is C19H31IN4OS. The minimum absolute atomic E-state index is 0. The monoisotopic (exact) mass is 490 g/mol. The third kappa shape index (κ3) is 7.34. The van der Waals surface area contributed by atoms with Gasteiger partial charge in [-0.25, -0.2) is 0 Å². The van der Waals surface area contributed by atoms with Gasteiger partial charge in [0.1, 0.15) is 0 Å². The number of nitrogens with zero attached hydrogens (tertiary/aromatic N) is 1. The third-order valence-electron chi connectivity index (χ3n) is 4.47. The highest BCUT2D eigenvalue weighted by molar-refractivity contribution is 14.0. The molecule has 2 rings (SSSR count). The van der Waals surface area contributed by atoms with Gasteiger partial charge in [0, 0.05) is 37.0 Å². The lowest BCUT2D eigenvalue weighted by atomic mass is 10.1. The zero-order chi connectivity index (χ0) is 18.1. The molecule has 1 aromatic rings. The average Bonchev–Trinajstić information content (AvgIpc) is 3.11. The van der Waals surface area contributed by atoms with Crippen molar-refractivity contribution in [2.45, 2.75) is 50.4 Å². The van der Waals surface area contributed by atoms with Gasteiger partial charge >= 0.3 is 0 Å². The van der Waals surface area contributed by atoms with Crippen molar-refractivity contribution in [2.24, 2.45) is 4.99 Å². The summed E-state index contributed by atoms with van der Waals surface area (Å²) < 4.78 is 0. The Bertz CT molecular complexity index is 597. The van der Waals surface area contributed by atoms with Crippen molar-refractivity contribution in [3.63, 3.8) is 0 Å². The fourth-order valence-electron chi connectivity index (χ4n) is 3.02. The standard InChI is InChI=1S/C19H30N4OS.HI/c1-4-10-21-18(24)15-7-5-6-14(11-15)13-22-19(20-2)23-16-8-9-17(12-16)25-3;/h5-7,11,16-17H,4,8-10,12-13H2,1-3H3,(H,21,24)(H2,20,22,23);1H. The maximum absolute atomic E-state index is 12.1. The van der Waals surface area contributed by atoms with E-state index in [9.17, 15) is 4.79 Å². The third-order valence-corrected chi connectivity index (χ3v) is 5.56. The van der Waals surface area contributed by atoms with E-state index in [1.54, 1.807) is 7.05 Å². The summed E-state index contributed by atoms with van der Waals surface area (Å²) in [6.45, 7) is 3.40. The molecule has 3 N–H and O–H groups in total. The van der Waals surface area contributed by atoms with E-state index >= 15 is 0 Å². The summed E-state index contributed by atoms with van der Waals surface area (Å²) in [6, 6.07) is 8.23. The quantitative estimate of drug-likeness (QED) is 0.312. The molecule has 1 aliphatic rings. The molecule has 7 heteroatoms. The van der Waals surface area contributed by atoms with Crippen LogP contribution in [0.2, 0.25) is 0 Å². The number of nitrogens with one attached hydrogen (secondary N) is 3. The lowest BCUT2D eigenvalue weighted by molar-refractivity contribution is 0.0953. The fourth-order valence-corrected chi connectivity index (χ4v) is 3.82. The molecule has 146 valence electrons. The van der Waals surface area contributed by atoms with Crippen molar-refractivity contribution in [3.05, 3.63) is 35.4 Å². The molecule has 0 aliphatic heterocycles. The van der Waals surface area contributed by atoms with Crippen LogP contribution in [-0.4, -0.2) is 43.0 Å². The average molecular weight is 490 g/mol. The lowest BCUT2D eigenvalue weighted by Gasteiger charge is -2.17. The molecule has 1 amide bonds. The molecule has 1 fully saturated rings. The van der Waals surface area contributed by atoms with Crippen molar-refractivity contribution < 1.29 is 4.79 Å². The number of carbonyl (C=O) groups excluding carboxylic acids is 1. The van der Waals surface area contributed by atoms with Crippen molar-refractivity contribution in [3.8, 4) is 0 Å². The smallest absolute Gasteiger partial charge is 0.251 e. The van der Waals surface area contributed by atoms with Crippen molar-refractivity contribution in [1.29, 1.82) is 0 Å². The van der Waals surface area contributed by atoms with Crippen LogP contribution in [0, 0.1) is 0 Å². The second-order valence-corrected chi connectivity index (χ2v) is 7.53. The number of rotatable bonds is 7. The Labute approximate surface area is 178 Å². The summed E-state index contributed by atoms with van der Waals surface area (Å²) in [5, 5.41) is 10.5.